The maximum Gasteiger partial charge on any atom is 0.335 e. The van der Waals surface area contributed by atoms with Gasteiger partial charge in [-0.25, -0.2) is 9.18 Å². The molecule has 0 aliphatic carbocycles. The molecule has 0 saturated carbocycles. The zero-order valence-corrected chi connectivity index (χ0v) is 12.4. The number of nitrogens with two attached hydrogens (primary N) is 1. The Kier molecular flexibility index (Phi) is 5.43. The molecule has 0 aromatic heterocycles. The summed E-state index contributed by atoms with van der Waals surface area (Å²) in [7, 11) is 0. The van der Waals surface area contributed by atoms with Crippen molar-refractivity contribution in [2.75, 3.05) is 5.32 Å². The number of hydrogen-bond donors (Lipinski definition) is 3. The molecule has 0 bridgehead atoms. The summed E-state index contributed by atoms with van der Waals surface area (Å²) in [5.74, 6) is -2.30. The molecule has 1 aromatic carbocycles. The quantitative estimate of drug-likeness (QED) is 0.778. The Bertz CT molecular complexity index is 538. The first kappa shape index (κ1) is 17.1. The largest absolute Gasteiger partial charge is 0.478 e. The average molecular weight is 296 g/mol. The Morgan fingerprint density at radius 3 is 2.52 bits per heavy atom. The summed E-state index contributed by atoms with van der Waals surface area (Å²) in [6.07, 6.45) is 0.700. The third-order valence-corrected chi connectivity index (χ3v) is 2.81. The van der Waals surface area contributed by atoms with Gasteiger partial charge in [-0.3, -0.25) is 4.79 Å². The maximum atomic E-state index is 13.6. The number of rotatable bonds is 5. The molecular weight excluding hydrogens is 275 g/mol. The second-order valence-electron chi connectivity index (χ2n) is 6.28. The standard InChI is InChI=1S/C15H21FN2O3/c1-15(2,3)8-10(17)7-13(19)18-12-6-9(14(20)21)4-5-11(12)16/h4-6,10H,7-8,17H2,1-3H3,(H,18,19)(H,20,21). The van der Waals surface area contributed by atoms with E-state index in [0.29, 0.717) is 6.42 Å². The van der Waals surface area contributed by atoms with Gasteiger partial charge < -0.3 is 16.2 Å². The highest BCUT2D eigenvalue weighted by atomic mass is 19.1. The third-order valence-electron chi connectivity index (χ3n) is 2.81. The van der Waals surface area contributed by atoms with Gasteiger partial charge >= 0.3 is 5.97 Å². The number of benzene rings is 1. The highest BCUT2D eigenvalue weighted by Crippen LogP contribution is 2.22. The summed E-state index contributed by atoms with van der Waals surface area (Å²) in [4.78, 5) is 22.7. The number of carboxylic acid groups (broad SMARTS) is 1. The number of aromatic carboxylic acids is 1. The van der Waals surface area contributed by atoms with E-state index in [2.05, 4.69) is 5.32 Å². The first-order valence-electron chi connectivity index (χ1n) is 6.67. The van der Waals surface area contributed by atoms with Gasteiger partial charge in [0.05, 0.1) is 11.3 Å². The number of anilines is 1. The molecule has 1 unspecified atom stereocenters. The molecule has 0 radical (unpaired) electrons. The van der Waals surface area contributed by atoms with Crippen LogP contribution in [0.2, 0.25) is 0 Å². The van der Waals surface area contributed by atoms with Crippen molar-refractivity contribution in [2.24, 2.45) is 11.1 Å². The summed E-state index contributed by atoms with van der Waals surface area (Å²) in [5, 5.41) is 11.2. The molecule has 5 nitrogen and oxygen atoms in total. The monoisotopic (exact) mass is 296 g/mol. The lowest BCUT2D eigenvalue weighted by molar-refractivity contribution is -0.116. The van der Waals surface area contributed by atoms with E-state index >= 15 is 0 Å². The number of amides is 1. The second-order valence-corrected chi connectivity index (χ2v) is 6.28. The van der Waals surface area contributed by atoms with Gasteiger partial charge in [-0.15, -0.1) is 0 Å². The van der Waals surface area contributed by atoms with Gasteiger partial charge in [0.15, 0.2) is 0 Å². The Balaban J connectivity index is 2.71. The SMILES string of the molecule is CC(C)(C)CC(N)CC(=O)Nc1cc(C(=O)O)ccc1F. The minimum absolute atomic E-state index is 0.00578. The number of hydrogen-bond acceptors (Lipinski definition) is 3. The number of nitrogens with one attached hydrogen (secondary N) is 1. The summed E-state index contributed by atoms with van der Waals surface area (Å²) in [6, 6.07) is 2.90. The lowest BCUT2D eigenvalue weighted by Crippen LogP contribution is -2.31. The molecule has 0 heterocycles. The van der Waals surface area contributed by atoms with E-state index in [1.165, 1.54) is 0 Å². The van der Waals surface area contributed by atoms with Crippen LogP contribution in [-0.4, -0.2) is 23.0 Å². The van der Waals surface area contributed by atoms with Gasteiger partial charge in [-0.05, 0) is 30.0 Å². The molecule has 0 saturated heterocycles. The molecule has 21 heavy (non-hydrogen) atoms. The fraction of sp³-hybridized carbons (Fsp3) is 0.467. The van der Waals surface area contributed by atoms with Crippen molar-refractivity contribution in [3.63, 3.8) is 0 Å². The van der Waals surface area contributed by atoms with Gasteiger partial charge in [-0.1, -0.05) is 20.8 Å². The molecule has 1 amide bonds. The van der Waals surface area contributed by atoms with Gasteiger partial charge in [0.25, 0.3) is 0 Å². The molecule has 6 heteroatoms. The van der Waals surface area contributed by atoms with Crippen molar-refractivity contribution < 1.29 is 19.1 Å². The number of halogens is 1. The van der Waals surface area contributed by atoms with E-state index in [1.807, 2.05) is 20.8 Å². The van der Waals surface area contributed by atoms with Crippen LogP contribution in [0.5, 0.6) is 0 Å². The van der Waals surface area contributed by atoms with E-state index in [9.17, 15) is 14.0 Å². The highest BCUT2D eigenvalue weighted by Gasteiger charge is 2.19. The van der Waals surface area contributed by atoms with Crippen molar-refractivity contribution in [1.82, 2.24) is 0 Å². The average Bonchev–Trinajstić information content (AvgIpc) is 2.28. The van der Waals surface area contributed by atoms with Gasteiger partial charge in [0.1, 0.15) is 5.82 Å². The molecule has 1 atom stereocenters. The summed E-state index contributed by atoms with van der Waals surface area (Å²) >= 11 is 0. The molecule has 0 aliphatic heterocycles. The molecule has 4 N–H and O–H groups in total. The smallest absolute Gasteiger partial charge is 0.335 e. The molecule has 1 rings (SSSR count). The fourth-order valence-corrected chi connectivity index (χ4v) is 2.05. The van der Waals surface area contributed by atoms with Crippen molar-refractivity contribution in [3.8, 4) is 0 Å². The lowest BCUT2D eigenvalue weighted by Gasteiger charge is -2.22. The van der Waals surface area contributed by atoms with Crippen LogP contribution in [0.15, 0.2) is 18.2 Å². The van der Waals surface area contributed by atoms with Crippen LogP contribution in [0.1, 0.15) is 44.0 Å². The van der Waals surface area contributed by atoms with E-state index in [1.54, 1.807) is 0 Å². The van der Waals surface area contributed by atoms with Crippen LogP contribution in [0.3, 0.4) is 0 Å². The molecule has 116 valence electrons. The van der Waals surface area contributed by atoms with Crippen LogP contribution in [-0.2, 0) is 4.79 Å². The van der Waals surface area contributed by atoms with Crippen molar-refractivity contribution in [1.29, 1.82) is 0 Å². The minimum atomic E-state index is -1.19. The highest BCUT2D eigenvalue weighted by molar-refractivity contribution is 5.94. The van der Waals surface area contributed by atoms with Crippen LogP contribution >= 0.6 is 0 Å². The van der Waals surface area contributed by atoms with Gasteiger partial charge in [0.2, 0.25) is 5.91 Å². The first-order valence-corrected chi connectivity index (χ1v) is 6.67. The molecular formula is C15H21FN2O3. The zero-order valence-electron chi connectivity index (χ0n) is 12.4. The summed E-state index contributed by atoms with van der Waals surface area (Å²) in [5.41, 5.74) is 5.63. The minimum Gasteiger partial charge on any atom is -0.478 e. The topological polar surface area (TPSA) is 92.4 Å². The molecule has 0 aliphatic rings. The third kappa shape index (κ3) is 5.91. The zero-order chi connectivity index (χ0) is 16.2. The van der Waals surface area contributed by atoms with Crippen molar-refractivity contribution >= 4 is 17.6 Å². The van der Waals surface area contributed by atoms with Crippen LogP contribution in [0.4, 0.5) is 10.1 Å². The fourth-order valence-electron chi connectivity index (χ4n) is 2.05. The second kappa shape index (κ2) is 6.67. The Morgan fingerprint density at radius 1 is 1.38 bits per heavy atom. The van der Waals surface area contributed by atoms with Crippen LogP contribution in [0.25, 0.3) is 0 Å². The lowest BCUT2D eigenvalue weighted by atomic mass is 9.87. The number of carbonyl (C=O) groups is 2. The predicted molar refractivity (Wildman–Crippen MR) is 78.7 cm³/mol. The molecule has 1 aromatic rings. The van der Waals surface area contributed by atoms with E-state index in [-0.39, 0.29) is 29.1 Å². The van der Waals surface area contributed by atoms with Crippen LogP contribution in [0, 0.1) is 11.2 Å². The first-order chi connectivity index (χ1) is 9.58. The Morgan fingerprint density at radius 2 is 2.00 bits per heavy atom. The predicted octanol–water partition coefficient (Wildman–Crippen LogP) is 2.62. The number of carboxylic acids is 1. The van der Waals surface area contributed by atoms with Gasteiger partial charge in [-0.2, -0.15) is 0 Å². The number of carbonyl (C=O) groups excluding carboxylic acids is 1. The maximum absolute atomic E-state index is 13.6. The molecule has 0 fully saturated rings. The van der Waals surface area contributed by atoms with Crippen molar-refractivity contribution in [2.45, 2.75) is 39.7 Å². The summed E-state index contributed by atoms with van der Waals surface area (Å²) in [6.45, 7) is 6.04. The van der Waals surface area contributed by atoms with Crippen molar-refractivity contribution in [3.05, 3.63) is 29.6 Å². The van der Waals surface area contributed by atoms with E-state index < -0.39 is 17.7 Å². The summed E-state index contributed by atoms with van der Waals surface area (Å²) < 4.78 is 13.6. The normalized spacial score (nSPS) is 12.8. The van der Waals surface area contributed by atoms with E-state index in [0.717, 1.165) is 18.2 Å². The Hall–Kier alpha value is -1.95. The van der Waals surface area contributed by atoms with E-state index in [4.69, 9.17) is 10.8 Å². The van der Waals surface area contributed by atoms with Gasteiger partial charge in [0, 0.05) is 12.5 Å². The Labute approximate surface area is 123 Å². The molecule has 0 spiro atoms. The van der Waals surface area contributed by atoms with Crippen LogP contribution < -0.4 is 11.1 Å².